The smallest absolute Gasteiger partial charge is 0.233 e. The zero-order valence-corrected chi connectivity index (χ0v) is 14.5. The van der Waals surface area contributed by atoms with Crippen molar-refractivity contribution in [2.24, 2.45) is 0 Å². The van der Waals surface area contributed by atoms with Gasteiger partial charge in [-0.05, 0) is 52.3 Å². The molecule has 0 heterocycles. The molecule has 0 atom stereocenters. The molecule has 3 amide bonds. The Morgan fingerprint density at radius 1 is 0.833 bits per heavy atom. The Kier molecular flexibility index (Phi) is 6.08. The van der Waals surface area contributed by atoms with Crippen LogP contribution in [0.15, 0.2) is 53.0 Å². The summed E-state index contributed by atoms with van der Waals surface area (Å²) in [6.07, 6.45) is -0.297. The molecule has 0 aliphatic heterocycles. The maximum Gasteiger partial charge on any atom is 0.233 e. The van der Waals surface area contributed by atoms with E-state index in [1.807, 2.05) is 6.07 Å². The Hall–Kier alpha value is -2.67. The molecule has 0 saturated heterocycles. The molecule has 0 radical (unpaired) electrons. The number of carbonyl (C=O) groups is 3. The van der Waals surface area contributed by atoms with Crippen molar-refractivity contribution in [3.05, 3.63) is 53.0 Å². The second kappa shape index (κ2) is 8.26. The molecular weight excluding hydrogens is 374 g/mol. The molecule has 2 aromatic rings. The van der Waals surface area contributed by atoms with Gasteiger partial charge in [0.15, 0.2) is 0 Å². The third kappa shape index (κ3) is 5.51. The zero-order chi connectivity index (χ0) is 17.5. The van der Waals surface area contributed by atoms with Gasteiger partial charge in [0.1, 0.15) is 6.42 Å². The molecule has 7 heteroatoms. The number of carbonyl (C=O) groups excluding carboxylic acids is 3. The van der Waals surface area contributed by atoms with E-state index in [2.05, 4.69) is 31.9 Å². The van der Waals surface area contributed by atoms with Gasteiger partial charge in [-0.1, -0.05) is 12.1 Å². The van der Waals surface area contributed by atoms with E-state index in [1.165, 1.54) is 6.92 Å². The predicted octanol–water partition coefficient (Wildman–Crippen LogP) is 3.37. The van der Waals surface area contributed by atoms with Gasteiger partial charge in [-0.3, -0.25) is 14.4 Å². The second-order valence-corrected chi connectivity index (χ2v) is 5.87. The fourth-order valence-corrected chi connectivity index (χ4v) is 2.33. The third-order valence-electron chi connectivity index (χ3n) is 2.96. The monoisotopic (exact) mass is 389 g/mol. The molecule has 0 aliphatic rings. The largest absolute Gasteiger partial charge is 0.326 e. The number of benzene rings is 2. The summed E-state index contributed by atoms with van der Waals surface area (Å²) in [4.78, 5) is 34.8. The SMILES string of the molecule is CC(=O)Nc1ccc(NC(=O)CC(=O)Nc2ccccc2Br)cc1. The van der Waals surface area contributed by atoms with Gasteiger partial charge in [0.2, 0.25) is 17.7 Å². The van der Waals surface area contributed by atoms with Crippen LogP contribution in [0, 0.1) is 0 Å². The molecule has 2 rings (SSSR count). The Labute approximate surface area is 147 Å². The first-order valence-corrected chi connectivity index (χ1v) is 7.95. The van der Waals surface area contributed by atoms with Crippen molar-refractivity contribution in [1.82, 2.24) is 0 Å². The van der Waals surface area contributed by atoms with E-state index in [-0.39, 0.29) is 12.3 Å². The van der Waals surface area contributed by atoms with Crippen LogP contribution in [0.3, 0.4) is 0 Å². The van der Waals surface area contributed by atoms with Crippen molar-refractivity contribution in [3.8, 4) is 0 Å². The molecule has 2 aromatic carbocycles. The summed E-state index contributed by atoms with van der Waals surface area (Å²) in [7, 11) is 0. The highest BCUT2D eigenvalue weighted by Crippen LogP contribution is 2.21. The normalized spacial score (nSPS) is 9.92. The standard InChI is InChI=1S/C17H16BrN3O3/c1-11(22)19-12-6-8-13(9-7-12)20-16(23)10-17(24)21-15-5-3-2-4-14(15)18/h2-9H,10H2,1H3,(H,19,22)(H,20,23)(H,21,24). The van der Waals surface area contributed by atoms with Crippen LogP contribution in [-0.2, 0) is 14.4 Å². The predicted molar refractivity (Wildman–Crippen MR) is 96.8 cm³/mol. The van der Waals surface area contributed by atoms with Gasteiger partial charge in [-0.25, -0.2) is 0 Å². The first kappa shape index (κ1) is 17.7. The van der Waals surface area contributed by atoms with Gasteiger partial charge in [0, 0.05) is 22.8 Å². The molecule has 124 valence electrons. The number of para-hydroxylation sites is 1. The molecule has 0 aromatic heterocycles. The molecule has 0 spiro atoms. The molecule has 0 aliphatic carbocycles. The van der Waals surface area contributed by atoms with Crippen molar-refractivity contribution in [2.75, 3.05) is 16.0 Å². The number of nitrogens with one attached hydrogen (secondary N) is 3. The van der Waals surface area contributed by atoms with E-state index in [9.17, 15) is 14.4 Å². The van der Waals surface area contributed by atoms with E-state index in [0.29, 0.717) is 17.1 Å². The van der Waals surface area contributed by atoms with Gasteiger partial charge < -0.3 is 16.0 Å². The summed E-state index contributed by atoms with van der Waals surface area (Å²) in [5, 5.41) is 7.92. The van der Waals surface area contributed by atoms with Crippen molar-refractivity contribution >= 4 is 50.7 Å². The molecule has 3 N–H and O–H groups in total. The minimum atomic E-state index is -0.424. The Balaban J connectivity index is 1.87. The summed E-state index contributed by atoms with van der Waals surface area (Å²) in [6, 6.07) is 13.8. The topological polar surface area (TPSA) is 87.3 Å². The summed E-state index contributed by atoms with van der Waals surface area (Å²) >= 11 is 3.32. The minimum absolute atomic E-state index is 0.171. The lowest BCUT2D eigenvalue weighted by molar-refractivity contribution is -0.123. The van der Waals surface area contributed by atoms with Crippen LogP contribution < -0.4 is 16.0 Å². The van der Waals surface area contributed by atoms with E-state index >= 15 is 0 Å². The number of anilines is 3. The van der Waals surface area contributed by atoms with Gasteiger partial charge >= 0.3 is 0 Å². The Morgan fingerprint density at radius 3 is 1.96 bits per heavy atom. The number of hydrogen-bond donors (Lipinski definition) is 3. The Bertz CT molecular complexity index is 760. The average Bonchev–Trinajstić information content (AvgIpc) is 2.51. The highest BCUT2D eigenvalue weighted by Gasteiger charge is 2.11. The van der Waals surface area contributed by atoms with Gasteiger partial charge in [-0.2, -0.15) is 0 Å². The highest BCUT2D eigenvalue weighted by atomic mass is 79.9. The molecule has 0 fully saturated rings. The average molecular weight is 390 g/mol. The number of amides is 3. The summed E-state index contributed by atoms with van der Waals surface area (Å²) in [5.41, 5.74) is 1.78. The lowest BCUT2D eigenvalue weighted by Gasteiger charge is -2.08. The van der Waals surface area contributed by atoms with Crippen LogP contribution in [0.1, 0.15) is 13.3 Å². The van der Waals surface area contributed by atoms with Crippen molar-refractivity contribution in [1.29, 1.82) is 0 Å². The van der Waals surface area contributed by atoms with Crippen molar-refractivity contribution < 1.29 is 14.4 Å². The maximum atomic E-state index is 11.9. The lowest BCUT2D eigenvalue weighted by Crippen LogP contribution is -2.21. The Morgan fingerprint density at radius 2 is 1.38 bits per heavy atom. The molecular formula is C17H16BrN3O3. The highest BCUT2D eigenvalue weighted by molar-refractivity contribution is 9.10. The number of rotatable bonds is 5. The van der Waals surface area contributed by atoms with E-state index in [0.717, 1.165) is 4.47 Å². The molecule has 0 unspecified atom stereocenters. The maximum absolute atomic E-state index is 11.9. The van der Waals surface area contributed by atoms with Crippen LogP contribution in [0.25, 0.3) is 0 Å². The molecule has 6 nitrogen and oxygen atoms in total. The van der Waals surface area contributed by atoms with Crippen molar-refractivity contribution in [3.63, 3.8) is 0 Å². The quantitative estimate of drug-likeness (QED) is 0.684. The minimum Gasteiger partial charge on any atom is -0.326 e. The summed E-state index contributed by atoms with van der Waals surface area (Å²) in [5.74, 6) is -1.00. The van der Waals surface area contributed by atoms with E-state index in [1.54, 1.807) is 42.5 Å². The zero-order valence-electron chi connectivity index (χ0n) is 12.9. The molecule has 0 bridgehead atoms. The summed E-state index contributed by atoms with van der Waals surface area (Å²) < 4.78 is 0.743. The number of hydrogen-bond acceptors (Lipinski definition) is 3. The van der Waals surface area contributed by atoms with E-state index in [4.69, 9.17) is 0 Å². The van der Waals surface area contributed by atoms with Crippen LogP contribution in [-0.4, -0.2) is 17.7 Å². The fourth-order valence-electron chi connectivity index (χ4n) is 1.95. The van der Waals surface area contributed by atoms with Crippen LogP contribution in [0.5, 0.6) is 0 Å². The fraction of sp³-hybridized carbons (Fsp3) is 0.118. The third-order valence-corrected chi connectivity index (χ3v) is 3.65. The lowest BCUT2D eigenvalue weighted by atomic mass is 10.2. The molecule has 24 heavy (non-hydrogen) atoms. The van der Waals surface area contributed by atoms with Gasteiger partial charge in [0.05, 0.1) is 5.69 Å². The molecule has 0 saturated carbocycles. The summed E-state index contributed by atoms with van der Waals surface area (Å²) in [6.45, 7) is 1.42. The van der Waals surface area contributed by atoms with Gasteiger partial charge in [0.25, 0.3) is 0 Å². The van der Waals surface area contributed by atoms with E-state index < -0.39 is 11.8 Å². The number of halogens is 1. The first-order valence-electron chi connectivity index (χ1n) is 7.16. The van der Waals surface area contributed by atoms with Crippen LogP contribution in [0.2, 0.25) is 0 Å². The van der Waals surface area contributed by atoms with Crippen LogP contribution >= 0.6 is 15.9 Å². The van der Waals surface area contributed by atoms with Crippen LogP contribution in [0.4, 0.5) is 17.1 Å². The van der Waals surface area contributed by atoms with Crippen molar-refractivity contribution in [2.45, 2.75) is 13.3 Å². The second-order valence-electron chi connectivity index (χ2n) is 5.01. The van der Waals surface area contributed by atoms with Gasteiger partial charge in [-0.15, -0.1) is 0 Å². The first-order chi connectivity index (χ1) is 11.4.